The molecule has 0 atom stereocenters. The van der Waals surface area contributed by atoms with E-state index in [0.29, 0.717) is 11.8 Å². The van der Waals surface area contributed by atoms with E-state index in [0.717, 1.165) is 19.6 Å². The molecule has 0 heterocycles. The first-order chi connectivity index (χ1) is 8.86. The molecule has 4 heteroatoms. The lowest BCUT2D eigenvalue weighted by Crippen LogP contribution is -2.28. The van der Waals surface area contributed by atoms with Gasteiger partial charge in [0.25, 0.3) is 0 Å². The van der Waals surface area contributed by atoms with Crippen LogP contribution in [0.25, 0.3) is 0 Å². The summed E-state index contributed by atoms with van der Waals surface area (Å²) in [7, 11) is 0. The van der Waals surface area contributed by atoms with Crippen LogP contribution < -0.4 is 0 Å². The number of rotatable bonds is 10. The van der Waals surface area contributed by atoms with E-state index in [1.54, 1.807) is 0 Å². The quantitative estimate of drug-likeness (QED) is 0.449. The summed E-state index contributed by atoms with van der Waals surface area (Å²) in [5.41, 5.74) is 1.44. The Kier molecular flexibility index (Phi) is 13.1. The summed E-state index contributed by atoms with van der Waals surface area (Å²) in [6, 6.07) is 10.7. The number of unbranched alkanes of at least 4 members (excludes halogenated alkanes) is 2. The molecular weight excluding hydrogens is 301 g/mol. The van der Waals surface area contributed by atoms with Crippen LogP contribution in [0.15, 0.2) is 30.3 Å². The van der Waals surface area contributed by atoms with E-state index in [1.807, 2.05) is 0 Å². The van der Waals surface area contributed by atoms with E-state index in [1.165, 1.54) is 31.2 Å². The van der Waals surface area contributed by atoms with Gasteiger partial charge in [0.05, 0.1) is 0 Å². The van der Waals surface area contributed by atoms with Crippen molar-refractivity contribution in [2.45, 2.75) is 25.7 Å². The Bertz CT molecular complexity index is 287. The Hall–Kier alpha value is 0.0500. The fourth-order valence-electron chi connectivity index (χ4n) is 2.06. The van der Waals surface area contributed by atoms with Gasteiger partial charge >= 0.3 is 0 Å². The van der Waals surface area contributed by atoms with Crippen molar-refractivity contribution in [1.82, 2.24) is 4.90 Å². The summed E-state index contributed by atoms with van der Waals surface area (Å²) in [5, 5.41) is 0. The monoisotopic (exact) mass is 323 g/mol. The molecule has 0 amide bonds. The predicted molar refractivity (Wildman–Crippen MR) is 89.1 cm³/mol. The fourth-order valence-corrected chi connectivity index (χ4v) is 2.54. The maximum absolute atomic E-state index is 5.77. The molecular formula is C15H24Cl3N. The minimum absolute atomic E-state index is 0. The Balaban J connectivity index is 0.00000324. The molecule has 0 saturated heterocycles. The van der Waals surface area contributed by atoms with Gasteiger partial charge in [-0.15, -0.1) is 35.6 Å². The normalized spacial score (nSPS) is 10.5. The van der Waals surface area contributed by atoms with Gasteiger partial charge in [0, 0.05) is 24.8 Å². The van der Waals surface area contributed by atoms with Crippen LogP contribution >= 0.6 is 35.6 Å². The lowest BCUT2D eigenvalue weighted by Gasteiger charge is -2.19. The molecule has 0 spiro atoms. The molecule has 0 fully saturated rings. The van der Waals surface area contributed by atoms with Crippen molar-refractivity contribution in [3.8, 4) is 0 Å². The molecule has 0 N–H and O–H groups in total. The number of nitrogens with zero attached hydrogens (tertiary/aromatic N) is 1. The highest BCUT2D eigenvalue weighted by molar-refractivity contribution is 6.18. The van der Waals surface area contributed by atoms with Gasteiger partial charge in [-0.3, -0.25) is 0 Å². The molecule has 1 rings (SSSR count). The molecule has 0 aromatic heterocycles. The number of halogens is 3. The summed E-state index contributed by atoms with van der Waals surface area (Å²) in [5.74, 6) is 1.39. The van der Waals surface area contributed by atoms with Crippen molar-refractivity contribution < 1.29 is 0 Å². The fraction of sp³-hybridized carbons (Fsp3) is 0.600. The average molecular weight is 325 g/mol. The van der Waals surface area contributed by atoms with Crippen LogP contribution in [0, 0.1) is 0 Å². The smallest absolute Gasteiger partial charge is 0.0351 e. The van der Waals surface area contributed by atoms with Crippen LogP contribution in [-0.4, -0.2) is 36.3 Å². The van der Waals surface area contributed by atoms with Crippen LogP contribution in [0.2, 0.25) is 0 Å². The van der Waals surface area contributed by atoms with Crippen LogP contribution in [0.4, 0.5) is 0 Å². The van der Waals surface area contributed by atoms with E-state index in [-0.39, 0.29) is 12.4 Å². The molecule has 0 radical (unpaired) electrons. The first-order valence-corrected chi connectivity index (χ1v) is 7.82. The Morgan fingerprint density at radius 3 is 2.00 bits per heavy atom. The molecule has 0 aliphatic heterocycles. The lowest BCUT2D eigenvalue weighted by molar-refractivity contribution is 0.299. The largest absolute Gasteiger partial charge is 0.301 e. The number of benzene rings is 1. The topological polar surface area (TPSA) is 3.24 Å². The van der Waals surface area contributed by atoms with Gasteiger partial charge in [0.15, 0.2) is 0 Å². The highest BCUT2D eigenvalue weighted by atomic mass is 35.5. The van der Waals surface area contributed by atoms with Crippen LogP contribution in [0.5, 0.6) is 0 Å². The van der Waals surface area contributed by atoms with Crippen molar-refractivity contribution in [2.75, 3.05) is 31.4 Å². The molecule has 0 aliphatic rings. The van der Waals surface area contributed by atoms with Crippen LogP contribution in [-0.2, 0) is 6.42 Å². The number of hydrogen-bond acceptors (Lipinski definition) is 1. The van der Waals surface area contributed by atoms with Gasteiger partial charge in [0.2, 0.25) is 0 Å². The zero-order chi connectivity index (χ0) is 13.1. The second kappa shape index (κ2) is 13.1. The maximum atomic E-state index is 5.77. The van der Waals surface area contributed by atoms with E-state index in [9.17, 15) is 0 Å². The van der Waals surface area contributed by atoms with Crippen LogP contribution in [0.1, 0.15) is 24.8 Å². The second-order valence-electron chi connectivity index (χ2n) is 4.52. The third kappa shape index (κ3) is 9.56. The number of hydrogen-bond donors (Lipinski definition) is 0. The zero-order valence-electron chi connectivity index (χ0n) is 11.4. The summed E-state index contributed by atoms with van der Waals surface area (Å²) in [6.45, 7) is 3.02. The molecule has 0 aliphatic carbocycles. The number of aryl methyl sites for hydroxylation is 1. The minimum atomic E-state index is 0. The maximum Gasteiger partial charge on any atom is 0.0351 e. The SMILES string of the molecule is Cl.ClCCN(CCCl)CCCCCc1ccccc1. The molecule has 0 saturated carbocycles. The van der Waals surface area contributed by atoms with Gasteiger partial charge in [0.1, 0.15) is 0 Å². The molecule has 110 valence electrons. The third-order valence-corrected chi connectivity index (χ3v) is 3.42. The Morgan fingerprint density at radius 1 is 0.789 bits per heavy atom. The van der Waals surface area contributed by atoms with Crippen molar-refractivity contribution in [3.05, 3.63) is 35.9 Å². The van der Waals surface area contributed by atoms with Gasteiger partial charge in [-0.05, 0) is 31.4 Å². The van der Waals surface area contributed by atoms with Crippen molar-refractivity contribution in [3.63, 3.8) is 0 Å². The van der Waals surface area contributed by atoms with Crippen molar-refractivity contribution >= 4 is 35.6 Å². The summed E-state index contributed by atoms with van der Waals surface area (Å²) >= 11 is 11.5. The van der Waals surface area contributed by atoms with Crippen molar-refractivity contribution in [1.29, 1.82) is 0 Å². The van der Waals surface area contributed by atoms with Crippen molar-refractivity contribution in [2.24, 2.45) is 0 Å². The minimum Gasteiger partial charge on any atom is -0.301 e. The number of alkyl halides is 2. The van der Waals surface area contributed by atoms with E-state index in [2.05, 4.69) is 35.2 Å². The molecule has 0 unspecified atom stereocenters. The van der Waals surface area contributed by atoms with E-state index in [4.69, 9.17) is 23.2 Å². The van der Waals surface area contributed by atoms with E-state index < -0.39 is 0 Å². The summed E-state index contributed by atoms with van der Waals surface area (Å²) in [6.07, 6.45) is 4.96. The molecule has 0 bridgehead atoms. The Labute approximate surface area is 133 Å². The highest BCUT2D eigenvalue weighted by Crippen LogP contribution is 2.07. The Morgan fingerprint density at radius 2 is 1.42 bits per heavy atom. The van der Waals surface area contributed by atoms with E-state index >= 15 is 0 Å². The van der Waals surface area contributed by atoms with Gasteiger partial charge < -0.3 is 4.90 Å². The molecule has 1 aromatic carbocycles. The third-order valence-electron chi connectivity index (χ3n) is 3.08. The lowest BCUT2D eigenvalue weighted by atomic mass is 10.1. The summed E-state index contributed by atoms with van der Waals surface area (Å²) < 4.78 is 0. The van der Waals surface area contributed by atoms with Gasteiger partial charge in [-0.1, -0.05) is 36.8 Å². The molecule has 1 nitrogen and oxygen atoms in total. The molecule has 1 aromatic rings. The zero-order valence-corrected chi connectivity index (χ0v) is 13.7. The standard InChI is InChI=1S/C15H23Cl2N.ClH/c16-10-13-18(14-11-17)12-6-2-5-9-15-7-3-1-4-8-15;/h1,3-4,7-8H,2,5-6,9-14H2;1H. The average Bonchev–Trinajstić information content (AvgIpc) is 2.40. The molecule has 19 heavy (non-hydrogen) atoms. The highest BCUT2D eigenvalue weighted by Gasteiger charge is 2.02. The van der Waals surface area contributed by atoms with Gasteiger partial charge in [-0.25, -0.2) is 0 Å². The second-order valence-corrected chi connectivity index (χ2v) is 5.27. The van der Waals surface area contributed by atoms with Crippen LogP contribution in [0.3, 0.4) is 0 Å². The van der Waals surface area contributed by atoms with Gasteiger partial charge in [-0.2, -0.15) is 0 Å². The first kappa shape index (κ1) is 19.1. The summed E-state index contributed by atoms with van der Waals surface area (Å²) in [4.78, 5) is 2.35. The first-order valence-electron chi connectivity index (χ1n) is 6.75. The predicted octanol–water partition coefficient (Wildman–Crippen LogP) is 4.60.